The molecule has 1 fully saturated rings. The second kappa shape index (κ2) is 3.69. The standard InChI is InChI=1S/C7H14N2O2/c1-11-7(10)6(5-8)9-3-2-4-9/h6H,2-5,8H2,1H3. The van der Waals surface area contributed by atoms with Crippen molar-refractivity contribution < 1.29 is 9.53 Å². The van der Waals surface area contributed by atoms with Crippen molar-refractivity contribution in [3.05, 3.63) is 0 Å². The maximum atomic E-state index is 11.0. The highest BCUT2D eigenvalue weighted by molar-refractivity contribution is 5.76. The summed E-state index contributed by atoms with van der Waals surface area (Å²) in [6.07, 6.45) is 1.16. The molecule has 64 valence electrons. The third kappa shape index (κ3) is 1.70. The molecule has 0 aromatic rings. The van der Waals surface area contributed by atoms with E-state index < -0.39 is 0 Å². The number of methoxy groups -OCH3 is 1. The molecular formula is C7H14N2O2. The summed E-state index contributed by atoms with van der Waals surface area (Å²) in [5, 5.41) is 0. The Morgan fingerprint density at radius 3 is 2.64 bits per heavy atom. The van der Waals surface area contributed by atoms with Crippen molar-refractivity contribution in [3.63, 3.8) is 0 Å². The first-order valence-electron chi connectivity index (χ1n) is 3.81. The zero-order valence-electron chi connectivity index (χ0n) is 6.75. The number of carbonyl (C=O) groups excluding carboxylic acids is 1. The molecule has 0 bridgehead atoms. The summed E-state index contributed by atoms with van der Waals surface area (Å²) in [4.78, 5) is 13.1. The topological polar surface area (TPSA) is 55.6 Å². The highest BCUT2D eigenvalue weighted by atomic mass is 16.5. The molecule has 1 atom stereocenters. The number of nitrogens with zero attached hydrogens (tertiary/aromatic N) is 1. The lowest BCUT2D eigenvalue weighted by Crippen LogP contribution is -2.52. The lowest BCUT2D eigenvalue weighted by Gasteiger charge is -2.35. The van der Waals surface area contributed by atoms with E-state index in [9.17, 15) is 4.79 Å². The van der Waals surface area contributed by atoms with Gasteiger partial charge >= 0.3 is 5.97 Å². The average molecular weight is 158 g/mol. The molecule has 1 heterocycles. The first-order chi connectivity index (χ1) is 5.29. The van der Waals surface area contributed by atoms with Gasteiger partial charge in [0.05, 0.1) is 7.11 Å². The lowest BCUT2D eigenvalue weighted by atomic mass is 10.1. The van der Waals surface area contributed by atoms with Crippen LogP contribution in [0.1, 0.15) is 6.42 Å². The van der Waals surface area contributed by atoms with E-state index in [-0.39, 0.29) is 12.0 Å². The second-order valence-corrected chi connectivity index (χ2v) is 2.66. The van der Waals surface area contributed by atoms with Crippen molar-refractivity contribution in [2.75, 3.05) is 26.7 Å². The van der Waals surface area contributed by atoms with E-state index in [1.807, 2.05) is 4.90 Å². The zero-order chi connectivity index (χ0) is 8.27. The first-order valence-corrected chi connectivity index (χ1v) is 3.81. The Hall–Kier alpha value is -0.610. The molecule has 4 heteroatoms. The summed E-state index contributed by atoms with van der Waals surface area (Å²) >= 11 is 0. The molecule has 1 unspecified atom stereocenters. The predicted molar refractivity (Wildman–Crippen MR) is 41.0 cm³/mol. The van der Waals surface area contributed by atoms with Gasteiger partial charge in [0.25, 0.3) is 0 Å². The van der Waals surface area contributed by atoms with Crippen LogP contribution in [0.2, 0.25) is 0 Å². The van der Waals surface area contributed by atoms with Crippen LogP contribution >= 0.6 is 0 Å². The van der Waals surface area contributed by atoms with Gasteiger partial charge in [-0.15, -0.1) is 0 Å². The number of hydrogen-bond donors (Lipinski definition) is 1. The number of rotatable bonds is 3. The number of ether oxygens (including phenoxy) is 1. The Labute approximate surface area is 66.3 Å². The number of esters is 1. The van der Waals surface area contributed by atoms with Gasteiger partial charge in [-0.05, 0) is 6.42 Å². The van der Waals surface area contributed by atoms with Crippen molar-refractivity contribution in [2.24, 2.45) is 5.73 Å². The van der Waals surface area contributed by atoms with Crippen molar-refractivity contribution in [1.29, 1.82) is 0 Å². The Kier molecular flexibility index (Phi) is 2.84. The second-order valence-electron chi connectivity index (χ2n) is 2.66. The van der Waals surface area contributed by atoms with E-state index in [1.165, 1.54) is 7.11 Å². The molecule has 1 rings (SSSR count). The SMILES string of the molecule is COC(=O)C(CN)N1CCC1. The minimum atomic E-state index is -0.216. The van der Waals surface area contributed by atoms with Crippen LogP contribution in [0, 0.1) is 0 Å². The van der Waals surface area contributed by atoms with E-state index in [0.29, 0.717) is 6.54 Å². The molecular weight excluding hydrogens is 144 g/mol. The largest absolute Gasteiger partial charge is 0.468 e. The Morgan fingerprint density at radius 1 is 1.73 bits per heavy atom. The van der Waals surface area contributed by atoms with Gasteiger partial charge in [0.2, 0.25) is 0 Å². The average Bonchev–Trinajstić information content (AvgIpc) is 1.94. The van der Waals surface area contributed by atoms with Crippen LogP contribution in [-0.4, -0.2) is 43.7 Å². The molecule has 4 nitrogen and oxygen atoms in total. The first kappa shape index (κ1) is 8.49. The fraction of sp³-hybridized carbons (Fsp3) is 0.857. The van der Waals surface area contributed by atoms with Gasteiger partial charge in [-0.1, -0.05) is 0 Å². The van der Waals surface area contributed by atoms with Crippen LogP contribution in [0.15, 0.2) is 0 Å². The summed E-state index contributed by atoms with van der Waals surface area (Å²) < 4.78 is 4.60. The Balaban J connectivity index is 2.40. The van der Waals surface area contributed by atoms with Gasteiger partial charge in [0.1, 0.15) is 6.04 Å². The van der Waals surface area contributed by atoms with Gasteiger partial charge in [0, 0.05) is 19.6 Å². The maximum absolute atomic E-state index is 11.0. The number of likely N-dealkylation sites (tertiary alicyclic amines) is 1. The molecule has 0 saturated carbocycles. The lowest BCUT2D eigenvalue weighted by molar-refractivity contribution is -0.148. The van der Waals surface area contributed by atoms with E-state index in [1.54, 1.807) is 0 Å². The van der Waals surface area contributed by atoms with Crippen LogP contribution in [0.25, 0.3) is 0 Å². The highest BCUT2D eigenvalue weighted by Crippen LogP contribution is 2.10. The molecule has 11 heavy (non-hydrogen) atoms. The summed E-state index contributed by atoms with van der Waals surface area (Å²) in [6.45, 7) is 2.29. The molecule has 2 N–H and O–H groups in total. The summed E-state index contributed by atoms with van der Waals surface area (Å²) in [5.41, 5.74) is 5.42. The van der Waals surface area contributed by atoms with E-state index >= 15 is 0 Å². The fourth-order valence-electron chi connectivity index (χ4n) is 1.18. The van der Waals surface area contributed by atoms with Crippen LogP contribution in [-0.2, 0) is 9.53 Å². The van der Waals surface area contributed by atoms with Crippen molar-refractivity contribution in [2.45, 2.75) is 12.5 Å². The van der Waals surface area contributed by atoms with Gasteiger partial charge in [-0.2, -0.15) is 0 Å². The highest BCUT2D eigenvalue weighted by Gasteiger charge is 2.28. The third-order valence-corrected chi connectivity index (χ3v) is 2.03. The molecule has 0 aliphatic carbocycles. The molecule has 0 radical (unpaired) electrons. The number of carbonyl (C=O) groups is 1. The van der Waals surface area contributed by atoms with Gasteiger partial charge in [-0.3, -0.25) is 9.69 Å². The van der Waals surface area contributed by atoms with Crippen molar-refractivity contribution >= 4 is 5.97 Å². The van der Waals surface area contributed by atoms with Gasteiger partial charge in [-0.25, -0.2) is 0 Å². The minimum Gasteiger partial charge on any atom is -0.468 e. The smallest absolute Gasteiger partial charge is 0.324 e. The molecule has 0 spiro atoms. The molecule has 0 aromatic carbocycles. The quantitative estimate of drug-likeness (QED) is 0.546. The Morgan fingerprint density at radius 2 is 2.36 bits per heavy atom. The molecule has 1 aliphatic rings. The molecule has 1 aliphatic heterocycles. The van der Waals surface area contributed by atoms with Crippen LogP contribution in [0.5, 0.6) is 0 Å². The molecule has 0 aromatic heterocycles. The zero-order valence-corrected chi connectivity index (χ0v) is 6.75. The number of hydrogen-bond acceptors (Lipinski definition) is 4. The normalized spacial score (nSPS) is 20.5. The van der Waals surface area contributed by atoms with Crippen molar-refractivity contribution in [3.8, 4) is 0 Å². The summed E-state index contributed by atoms with van der Waals surface area (Å²) in [6, 6.07) is -0.214. The third-order valence-electron chi connectivity index (χ3n) is 2.03. The van der Waals surface area contributed by atoms with Crippen molar-refractivity contribution in [1.82, 2.24) is 4.90 Å². The van der Waals surface area contributed by atoms with Gasteiger partial charge < -0.3 is 10.5 Å². The maximum Gasteiger partial charge on any atom is 0.324 e. The van der Waals surface area contributed by atoms with E-state index in [0.717, 1.165) is 19.5 Å². The van der Waals surface area contributed by atoms with Gasteiger partial charge in [0.15, 0.2) is 0 Å². The number of nitrogens with two attached hydrogens (primary N) is 1. The summed E-state index contributed by atoms with van der Waals surface area (Å²) in [7, 11) is 1.39. The Bertz CT molecular complexity index is 145. The minimum absolute atomic E-state index is 0.214. The fourth-order valence-corrected chi connectivity index (χ4v) is 1.18. The molecule has 0 amide bonds. The summed E-state index contributed by atoms with van der Waals surface area (Å²) in [5.74, 6) is -0.216. The van der Waals surface area contributed by atoms with Crippen LogP contribution < -0.4 is 5.73 Å². The van der Waals surface area contributed by atoms with E-state index in [2.05, 4.69) is 4.74 Å². The molecule has 1 saturated heterocycles. The van der Waals surface area contributed by atoms with E-state index in [4.69, 9.17) is 5.73 Å². The van der Waals surface area contributed by atoms with Crippen LogP contribution in [0.4, 0.5) is 0 Å². The van der Waals surface area contributed by atoms with Crippen LogP contribution in [0.3, 0.4) is 0 Å². The monoisotopic (exact) mass is 158 g/mol. The predicted octanol–water partition coefficient (Wildman–Crippen LogP) is -0.808.